The lowest BCUT2D eigenvalue weighted by Gasteiger charge is -2.04. The van der Waals surface area contributed by atoms with Crippen LogP contribution in [-0.2, 0) is 13.6 Å². The second kappa shape index (κ2) is 4.53. The number of fused-ring (bicyclic) bond motifs is 1. The zero-order chi connectivity index (χ0) is 13.6. The molecule has 2 heterocycles. The summed E-state index contributed by atoms with van der Waals surface area (Å²) < 4.78 is 18.2. The van der Waals surface area contributed by atoms with E-state index in [0.29, 0.717) is 21.3 Å². The van der Waals surface area contributed by atoms with Crippen molar-refractivity contribution in [1.82, 2.24) is 24.3 Å². The van der Waals surface area contributed by atoms with Crippen LogP contribution in [0.3, 0.4) is 0 Å². The van der Waals surface area contributed by atoms with Gasteiger partial charge in [0, 0.05) is 13.1 Å². The standard InChI is InChI=1S/C11H9BrFN5S/c1-17-5-14-16-10(17)4-18-9-3-7(13)6(12)2-8(9)15-11(18)19/h2-3,5H,4H2,1H3,(H,15,19). The van der Waals surface area contributed by atoms with Crippen molar-refractivity contribution in [2.75, 3.05) is 0 Å². The lowest BCUT2D eigenvalue weighted by atomic mass is 10.3. The summed E-state index contributed by atoms with van der Waals surface area (Å²) in [5.41, 5.74) is 1.48. The molecule has 5 nitrogen and oxygen atoms in total. The minimum Gasteiger partial charge on any atom is -0.331 e. The van der Waals surface area contributed by atoms with Crippen LogP contribution in [0.2, 0.25) is 0 Å². The van der Waals surface area contributed by atoms with Crippen LogP contribution in [0.1, 0.15) is 5.82 Å². The first-order valence-electron chi connectivity index (χ1n) is 5.46. The highest BCUT2D eigenvalue weighted by Gasteiger charge is 2.11. The average Bonchev–Trinajstić information content (AvgIpc) is 2.88. The Hall–Kier alpha value is -1.54. The quantitative estimate of drug-likeness (QED) is 0.729. The van der Waals surface area contributed by atoms with Gasteiger partial charge in [0.25, 0.3) is 0 Å². The zero-order valence-electron chi connectivity index (χ0n) is 9.89. The van der Waals surface area contributed by atoms with E-state index in [9.17, 15) is 4.39 Å². The van der Waals surface area contributed by atoms with Gasteiger partial charge in [-0.05, 0) is 34.2 Å². The van der Waals surface area contributed by atoms with Crippen molar-refractivity contribution in [3.8, 4) is 0 Å². The molecule has 1 aromatic carbocycles. The molecule has 0 aliphatic carbocycles. The number of aromatic amines is 1. The van der Waals surface area contributed by atoms with Crippen LogP contribution >= 0.6 is 28.1 Å². The Morgan fingerprint density at radius 3 is 2.95 bits per heavy atom. The van der Waals surface area contributed by atoms with E-state index in [2.05, 4.69) is 31.1 Å². The Balaban J connectivity index is 2.18. The summed E-state index contributed by atoms with van der Waals surface area (Å²) in [5, 5.41) is 7.82. The van der Waals surface area contributed by atoms with Gasteiger partial charge in [-0.25, -0.2) is 4.39 Å². The Morgan fingerprint density at radius 2 is 2.26 bits per heavy atom. The number of rotatable bonds is 2. The zero-order valence-corrected chi connectivity index (χ0v) is 12.3. The maximum atomic E-state index is 13.7. The number of H-pyrrole nitrogens is 1. The Morgan fingerprint density at radius 1 is 1.47 bits per heavy atom. The molecule has 0 radical (unpaired) electrons. The van der Waals surface area contributed by atoms with E-state index in [1.807, 2.05) is 7.05 Å². The second-order valence-corrected chi connectivity index (χ2v) is 5.40. The fourth-order valence-corrected chi connectivity index (χ4v) is 2.52. The van der Waals surface area contributed by atoms with Crippen LogP contribution < -0.4 is 0 Å². The summed E-state index contributed by atoms with van der Waals surface area (Å²) in [4.78, 5) is 3.05. The van der Waals surface area contributed by atoms with E-state index in [1.165, 1.54) is 6.07 Å². The molecule has 0 fully saturated rings. The maximum absolute atomic E-state index is 13.7. The number of aryl methyl sites for hydroxylation is 1. The Bertz CT molecular complexity index is 818. The predicted molar refractivity (Wildman–Crippen MR) is 74.9 cm³/mol. The van der Waals surface area contributed by atoms with E-state index in [0.717, 1.165) is 11.3 Å². The third-order valence-corrected chi connectivity index (χ3v) is 3.85. The van der Waals surface area contributed by atoms with Crippen molar-refractivity contribution in [1.29, 1.82) is 0 Å². The smallest absolute Gasteiger partial charge is 0.178 e. The number of benzene rings is 1. The molecule has 19 heavy (non-hydrogen) atoms. The van der Waals surface area contributed by atoms with Crippen molar-refractivity contribution >= 4 is 39.2 Å². The largest absolute Gasteiger partial charge is 0.331 e. The number of halogens is 2. The number of aromatic nitrogens is 5. The summed E-state index contributed by atoms with van der Waals surface area (Å²) >= 11 is 8.43. The third-order valence-electron chi connectivity index (χ3n) is 2.92. The number of nitrogens with zero attached hydrogens (tertiary/aromatic N) is 4. The van der Waals surface area contributed by atoms with Gasteiger partial charge < -0.3 is 14.1 Å². The molecule has 0 saturated carbocycles. The van der Waals surface area contributed by atoms with E-state index < -0.39 is 0 Å². The minimum absolute atomic E-state index is 0.326. The highest BCUT2D eigenvalue weighted by atomic mass is 79.9. The molecular weight excluding hydrogens is 333 g/mol. The molecule has 0 bridgehead atoms. The molecule has 0 atom stereocenters. The highest BCUT2D eigenvalue weighted by Crippen LogP contribution is 2.23. The van der Waals surface area contributed by atoms with E-state index >= 15 is 0 Å². The summed E-state index contributed by atoms with van der Waals surface area (Å²) in [6.45, 7) is 0.441. The van der Waals surface area contributed by atoms with E-state index in [4.69, 9.17) is 12.2 Å². The van der Waals surface area contributed by atoms with Crippen molar-refractivity contribution in [2.45, 2.75) is 6.54 Å². The number of imidazole rings is 1. The van der Waals surface area contributed by atoms with Crippen LogP contribution in [-0.4, -0.2) is 24.3 Å². The average molecular weight is 342 g/mol. The molecular formula is C11H9BrFN5S. The van der Waals surface area contributed by atoms with Crippen LogP contribution in [0.25, 0.3) is 11.0 Å². The van der Waals surface area contributed by atoms with Gasteiger partial charge in [-0.1, -0.05) is 0 Å². The van der Waals surface area contributed by atoms with Crippen LogP contribution in [0.15, 0.2) is 22.9 Å². The van der Waals surface area contributed by atoms with Gasteiger partial charge in [0.05, 0.1) is 22.1 Å². The summed E-state index contributed by atoms with van der Waals surface area (Å²) in [7, 11) is 1.85. The molecule has 3 aromatic rings. The predicted octanol–water partition coefficient (Wildman–Crippen LogP) is 2.78. The number of hydrogen-bond donors (Lipinski definition) is 1. The monoisotopic (exact) mass is 341 g/mol. The highest BCUT2D eigenvalue weighted by molar-refractivity contribution is 9.10. The van der Waals surface area contributed by atoms with Gasteiger partial charge in [0.2, 0.25) is 0 Å². The molecule has 0 spiro atoms. The third kappa shape index (κ3) is 2.10. The number of hydrogen-bond acceptors (Lipinski definition) is 3. The van der Waals surface area contributed by atoms with Gasteiger partial charge >= 0.3 is 0 Å². The van der Waals surface area contributed by atoms with Crippen molar-refractivity contribution in [2.24, 2.45) is 7.05 Å². The van der Waals surface area contributed by atoms with Gasteiger partial charge in [0.15, 0.2) is 10.6 Å². The van der Waals surface area contributed by atoms with Crippen LogP contribution in [0, 0.1) is 10.6 Å². The normalized spacial score (nSPS) is 11.3. The molecule has 8 heteroatoms. The van der Waals surface area contributed by atoms with Crippen LogP contribution in [0.4, 0.5) is 4.39 Å². The van der Waals surface area contributed by atoms with Gasteiger partial charge in [-0.3, -0.25) is 0 Å². The molecule has 3 rings (SSSR count). The van der Waals surface area contributed by atoms with E-state index in [-0.39, 0.29) is 5.82 Å². The Kier molecular flexibility index (Phi) is 2.98. The second-order valence-electron chi connectivity index (χ2n) is 4.16. The maximum Gasteiger partial charge on any atom is 0.178 e. The van der Waals surface area contributed by atoms with Gasteiger partial charge in [0.1, 0.15) is 12.1 Å². The van der Waals surface area contributed by atoms with E-state index in [1.54, 1.807) is 21.5 Å². The van der Waals surface area contributed by atoms with Gasteiger partial charge in [-0.15, -0.1) is 10.2 Å². The molecule has 0 unspecified atom stereocenters. The van der Waals surface area contributed by atoms with Crippen molar-refractivity contribution in [3.63, 3.8) is 0 Å². The fraction of sp³-hybridized carbons (Fsp3) is 0.182. The molecule has 1 N–H and O–H groups in total. The van der Waals surface area contributed by atoms with Crippen molar-refractivity contribution in [3.05, 3.63) is 39.3 Å². The molecule has 0 aliphatic rings. The molecule has 98 valence electrons. The fourth-order valence-electron chi connectivity index (χ4n) is 1.90. The van der Waals surface area contributed by atoms with Gasteiger partial charge in [-0.2, -0.15) is 0 Å². The molecule has 0 aliphatic heterocycles. The van der Waals surface area contributed by atoms with Crippen LogP contribution in [0.5, 0.6) is 0 Å². The lowest BCUT2D eigenvalue weighted by molar-refractivity contribution is 0.621. The summed E-state index contributed by atoms with van der Waals surface area (Å²) in [5.74, 6) is 0.425. The lowest BCUT2D eigenvalue weighted by Crippen LogP contribution is -2.06. The topological polar surface area (TPSA) is 51.4 Å². The molecule has 2 aromatic heterocycles. The summed E-state index contributed by atoms with van der Waals surface area (Å²) in [6, 6.07) is 3.12. The van der Waals surface area contributed by atoms with Crippen molar-refractivity contribution < 1.29 is 4.39 Å². The summed E-state index contributed by atoms with van der Waals surface area (Å²) in [6.07, 6.45) is 1.62. The first-order chi connectivity index (χ1) is 9.06. The first-order valence-corrected chi connectivity index (χ1v) is 6.67. The Labute approximate surface area is 121 Å². The first kappa shape index (κ1) is 12.5. The number of nitrogens with one attached hydrogen (secondary N) is 1. The molecule has 0 saturated heterocycles. The SMILES string of the molecule is Cn1cnnc1Cn1c(=S)[nH]c2cc(Br)c(F)cc21. The molecule has 0 amide bonds. The minimum atomic E-state index is -0.326.